The highest BCUT2D eigenvalue weighted by molar-refractivity contribution is 7.89. The zero-order valence-electron chi connectivity index (χ0n) is 24.6. The highest BCUT2D eigenvalue weighted by Gasteiger charge is 2.43. The molecule has 15 nitrogen and oxygen atoms in total. The Bertz CT molecular complexity index is 1630. The molecule has 4 aliphatic heterocycles. The number of carbonyl (C=O) groups is 2. The molecule has 3 amide bonds. The van der Waals surface area contributed by atoms with Gasteiger partial charge in [0.25, 0.3) is 11.5 Å². The van der Waals surface area contributed by atoms with Crippen molar-refractivity contribution in [2.24, 2.45) is 0 Å². The van der Waals surface area contributed by atoms with Crippen LogP contribution in [0.3, 0.4) is 0 Å². The van der Waals surface area contributed by atoms with Crippen LogP contribution in [0.25, 0.3) is 0 Å². The largest absolute Gasteiger partial charge is 0.501 e. The van der Waals surface area contributed by atoms with Crippen LogP contribution in [0, 0.1) is 5.82 Å². The first-order valence-electron chi connectivity index (χ1n) is 14.8. The average molecular weight is 651 g/mol. The molecule has 1 aromatic carbocycles. The predicted octanol–water partition coefficient (Wildman–Crippen LogP) is -0.188. The first-order chi connectivity index (χ1) is 21.6. The molecule has 0 atom stereocenters. The van der Waals surface area contributed by atoms with Crippen LogP contribution in [0.15, 0.2) is 27.9 Å². The Morgan fingerprint density at radius 3 is 2.31 bits per heavy atom. The van der Waals surface area contributed by atoms with Gasteiger partial charge >= 0.3 is 6.03 Å². The number of nitrogens with zero attached hydrogens (tertiary/aromatic N) is 5. The number of aromatic nitrogens is 2. The Kier molecular flexibility index (Phi) is 8.80. The normalized spacial score (nSPS) is 20.6. The van der Waals surface area contributed by atoms with E-state index in [1.807, 2.05) is 0 Å². The molecule has 45 heavy (non-hydrogen) atoms. The zero-order valence-corrected chi connectivity index (χ0v) is 25.4. The predicted molar refractivity (Wildman–Crippen MR) is 154 cm³/mol. The van der Waals surface area contributed by atoms with E-state index >= 15 is 0 Å². The lowest BCUT2D eigenvalue weighted by molar-refractivity contribution is -0.139. The van der Waals surface area contributed by atoms with Crippen LogP contribution in [0.5, 0.6) is 5.75 Å². The van der Waals surface area contributed by atoms with E-state index in [0.29, 0.717) is 52.4 Å². The highest BCUT2D eigenvalue weighted by Crippen LogP contribution is 2.37. The maximum absolute atomic E-state index is 14.7. The lowest BCUT2D eigenvalue weighted by atomic mass is 9.91. The number of amides is 3. The molecule has 3 fully saturated rings. The number of urea groups is 1. The fourth-order valence-electron chi connectivity index (χ4n) is 6.09. The fourth-order valence-corrected chi connectivity index (χ4v) is 7.59. The Morgan fingerprint density at radius 1 is 0.933 bits per heavy atom. The van der Waals surface area contributed by atoms with Gasteiger partial charge in [0.15, 0.2) is 5.69 Å². The van der Waals surface area contributed by atoms with Crippen LogP contribution in [0.4, 0.5) is 9.18 Å². The van der Waals surface area contributed by atoms with Gasteiger partial charge in [-0.05, 0) is 23.8 Å². The van der Waals surface area contributed by atoms with E-state index in [2.05, 4.69) is 10.3 Å². The topological polar surface area (TPSA) is 173 Å². The molecule has 4 aliphatic rings. The second kappa shape index (κ2) is 12.6. The monoisotopic (exact) mass is 650 g/mol. The van der Waals surface area contributed by atoms with Crippen molar-refractivity contribution in [1.82, 2.24) is 29.0 Å². The Balaban J connectivity index is 1.15. The van der Waals surface area contributed by atoms with Gasteiger partial charge in [-0.15, -0.1) is 0 Å². The summed E-state index contributed by atoms with van der Waals surface area (Å²) in [6, 6.07) is 3.07. The van der Waals surface area contributed by atoms with Gasteiger partial charge in [0.05, 0.1) is 31.3 Å². The summed E-state index contributed by atoms with van der Waals surface area (Å²) in [4.78, 5) is 46.2. The van der Waals surface area contributed by atoms with E-state index in [4.69, 9.17) is 14.2 Å². The summed E-state index contributed by atoms with van der Waals surface area (Å²) in [6.07, 6.45) is 0.843. The lowest BCUT2D eigenvalue weighted by Crippen LogP contribution is -2.55. The number of nitrogens with one attached hydrogen (secondary N) is 1. The van der Waals surface area contributed by atoms with Crippen LogP contribution < -0.4 is 10.9 Å². The van der Waals surface area contributed by atoms with Gasteiger partial charge in [-0.2, -0.15) is 4.31 Å². The van der Waals surface area contributed by atoms with Crippen molar-refractivity contribution in [3.63, 3.8) is 0 Å². The maximum atomic E-state index is 14.7. The number of fused-ring (bicyclic) bond motifs is 2. The van der Waals surface area contributed by atoms with Crippen LogP contribution in [-0.2, 0) is 42.9 Å². The number of aromatic hydroxyl groups is 1. The first-order valence-corrected chi connectivity index (χ1v) is 16.3. The van der Waals surface area contributed by atoms with E-state index in [1.54, 1.807) is 9.80 Å². The summed E-state index contributed by atoms with van der Waals surface area (Å²) < 4.78 is 60.8. The molecule has 3 saturated heterocycles. The quantitative estimate of drug-likeness (QED) is 0.442. The molecule has 0 saturated carbocycles. The summed E-state index contributed by atoms with van der Waals surface area (Å²) in [6.45, 7) is 3.17. The second-order valence-electron chi connectivity index (χ2n) is 11.3. The van der Waals surface area contributed by atoms with Crippen molar-refractivity contribution in [3.8, 4) is 5.75 Å². The maximum Gasteiger partial charge on any atom is 0.320 e. The number of halogens is 1. The molecule has 0 bridgehead atoms. The molecule has 0 unspecified atom stereocenters. The third-order valence-electron chi connectivity index (χ3n) is 8.57. The van der Waals surface area contributed by atoms with Crippen molar-refractivity contribution < 1.29 is 41.7 Å². The van der Waals surface area contributed by atoms with Gasteiger partial charge < -0.3 is 34.4 Å². The van der Waals surface area contributed by atoms with E-state index in [9.17, 15) is 32.3 Å². The Labute approximate surface area is 258 Å². The van der Waals surface area contributed by atoms with Crippen molar-refractivity contribution in [2.75, 3.05) is 72.3 Å². The average Bonchev–Trinajstić information content (AvgIpc) is 3.06. The molecule has 1 aromatic heterocycles. The van der Waals surface area contributed by atoms with Gasteiger partial charge in [0, 0.05) is 71.9 Å². The van der Waals surface area contributed by atoms with E-state index in [-0.39, 0.29) is 68.2 Å². The molecular formula is C28H35FN6O9S. The number of benzene rings is 1. The van der Waals surface area contributed by atoms with E-state index < -0.39 is 44.4 Å². The molecule has 6 rings (SSSR count). The highest BCUT2D eigenvalue weighted by atomic mass is 32.2. The molecular weight excluding hydrogens is 615 g/mol. The van der Waals surface area contributed by atoms with Crippen LogP contribution in [0.1, 0.15) is 34.7 Å². The third-order valence-corrected chi connectivity index (χ3v) is 10.5. The summed E-state index contributed by atoms with van der Waals surface area (Å²) in [5, 5.41) is 13.1. The Hall–Kier alpha value is -3.64. The number of sulfonamides is 1. The molecule has 2 aromatic rings. The molecule has 0 aliphatic carbocycles. The number of ether oxygens (including phenoxy) is 3. The minimum atomic E-state index is -4.12. The van der Waals surface area contributed by atoms with Crippen molar-refractivity contribution in [2.45, 2.75) is 36.4 Å². The van der Waals surface area contributed by atoms with Crippen molar-refractivity contribution in [3.05, 3.63) is 51.5 Å². The van der Waals surface area contributed by atoms with Crippen molar-refractivity contribution in [1.29, 1.82) is 0 Å². The lowest BCUT2D eigenvalue weighted by Gasteiger charge is -2.40. The van der Waals surface area contributed by atoms with E-state index in [1.165, 1.54) is 14.9 Å². The van der Waals surface area contributed by atoms with Crippen LogP contribution >= 0.6 is 0 Å². The Morgan fingerprint density at radius 2 is 1.60 bits per heavy atom. The summed E-state index contributed by atoms with van der Waals surface area (Å²) in [5.41, 5.74) is -2.06. The summed E-state index contributed by atoms with van der Waals surface area (Å²) in [5.74, 6) is -2.31. The SMILES string of the molecule is O=C(NCc1cc(F)cc(S(=O)(=O)N2CCN(C(=O)N3CCOCC3)CC2)c1)c1nc2n(c(=O)c1O)CCOC21CCOCC1. The van der Waals surface area contributed by atoms with E-state index in [0.717, 1.165) is 12.1 Å². The number of rotatable bonds is 5. The first kappa shape index (κ1) is 31.3. The zero-order chi connectivity index (χ0) is 31.8. The molecule has 0 radical (unpaired) electrons. The number of piperazine rings is 1. The molecule has 1 spiro atoms. The molecule has 17 heteroatoms. The molecule has 5 heterocycles. The number of morpholine rings is 1. The van der Waals surface area contributed by atoms with Crippen LogP contribution in [-0.4, -0.2) is 121 Å². The summed E-state index contributed by atoms with van der Waals surface area (Å²) in [7, 11) is -4.12. The van der Waals surface area contributed by atoms with Crippen molar-refractivity contribution >= 4 is 22.0 Å². The van der Waals surface area contributed by atoms with Gasteiger partial charge in [0.1, 0.15) is 17.2 Å². The standard InChI is InChI=1S/C28H35FN6O9S/c29-20-15-19(16-21(17-20)45(40,41)34-5-3-32(4-6-34)27(39)33-7-12-43-13-8-33)18-30-24(37)22-23(36)25(38)35-9-14-44-28(26(35)31-22)1-10-42-11-2-28/h15-17,36H,1-14,18H2,(H,30,37). The number of hydrogen-bond acceptors (Lipinski definition) is 10. The smallest absolute Gasteiger partial charge is 0.320 e. The number of carbonyl (C=O) groups excluding carboxylic acids is 2. The number of hydrogen-bond donors (Lipinski definition) is 2. The van der Waals surface area contributed by atoms with Gasteiger partial charge in [0.2, 0.25) is 15.8 Å². The van der Waals surface area contributed by atoms with Gasteiger partial charge in [-0.25, -0.2) is 22.6 Å². The molecule has 244 valence electrons. The summed E-state index contributed by atoms with van der Waals surface area (Å²) >= 11 is 0. The second-order valence-corrected chi connectivity index (χ2v) is 13.2. The fraction of sp³-hybridized carbons (Fsp3) is 0.571. The molecule has 2 N–H and O–H groups in total. The minimum absolute atomic E-state index is 0.0388. The minimum Gasteiger partial charge on any atom is -0.501 e. The third kappa shape index (κ3) is 6.14. The van der Waals surface area contributed by atoms with Crippen LogP contribution in [0.2, 0.25) is 0 Å². The van der Waals surface area contributed by atoms with Gasteiger partial charge in [-0.1, -0.05) is 0 Å². The van der Waals surface area contributed by atoms with Gasteiger partial charge in [-0.3, -0.25) is 14.2 Å².